The Bertz CT molecular complexity index is 615. The molecule has 0 saturated heterocycles. The topological polar surface area (TPSA) is 35.8 Å². The van der Waals surface area contributed by atoms with E-state index in [2.05, 4.69) is 11.4 Å². The fraction of sp³-hybridized carbons (Fsp3) is 0.133. The molecule has 96 valence electrons. The van der Waals surface area contributed by atoms with E-state index in [0.717, 1.165) is 11.3 Å². The fourth-order valence-electron chi connectivity index (χ4n) is 1.82. The molecular formula is C15H12Cl2N2. The third-order valence-corrected chi connectivity index (χ3v) is 3.40. The van der Waals surface area contributed by atoms with Gasteiger partial charge in [-0.15, -0.1) is 0 Å². The molecule has 0 aliphatic rings. The Kier molecular flexibility index (Phi) is 4.31. The first-order valence-electron chi connectivity index (χ1n) is 5.82. The molecule has 0 radical (unpaired) electrons. The normalized spacial score (nSPS) is 11.7. The first kappa shape index (κ1) is 13.7. The molecule has 4 heteroatoms. The Morgan fingerprint density at radius 2 is 1.79 bits per heavy atom. The maximum atomic E-state index is 8.75. The third kappa shape index (κ3) is 3.41. The van der Waals surface area contributed by atoms with Crippen molar-refractivity contribution in [3.05, 3.63) is 63.6 Å². The van der Waals surface area contributed by atoms with E-state index >= 15 is 0 Å². The van der Waals surface area contributed by atoms with Gasteiger partial charge in [-0.3, -0.25) is 0 Å². The van der Waals surface area contributed by atoms with Crippen LogP contribution in [0.3, 0.4) is 0 Å². The summed E-state index contributed by atoms with van der Waals surface area (Å²) >= 11 is 12.1. The van der Waals surface area contributed by atoms with Crippen LogP contribution in [0.4, 0.5) is 5.69 Å². The van der Waals surface area contributed by atoms with E-state index in [1.165, 1.54) is 0 Å². The van der Waals surface area contributed by atoms with Crippen LogP contribution in [0.5, 0.6) is 0 Å². The molecule has 19 heavy (non-hydrogen) atoms. The van der Waals surface area contributed by atoms with Gasteiger partial charge in [0.25, 0.3) is 0 Å². The van der Waals surface area contributed by atoms with Crippen molar-refractivity contribution in [3.63, 3.8) is 0 Å². The summed E-state index contributed by atoms with van der Waals surface area (Å²) in [5.41, 5.74) is 2.51. The lowest BCUT2D eigenvalue weighted by Gasteiger charge is -2.17. The minimum Gasteiger partial charge on any atom is -0.378 e. The summed E-state index contributed by atoms with van der Waals surface area (Å²) in [6.07, 6.45) is 0. The Labute approximate surface area is 122 Å². The van der Waals surface area contributed by atoms with Crippen molar-refractivity contribution in [1.29, 1.82) is 5.26 Å². The summed E-state index contributed by atoms with van der Waals surface area (Å²) in [7, 11) is 0. The van der Waals surface area contributed by atoms with Gasteiger partial charge < -0.3 is 5.32 Å². The number of benzene rings is 2. The van der Waals surface area contributed by atoms with Gasteiger partial charge in [0.1, 0.15) is 0 Å². The van der Waals surface area contributed by atoms with Gasteiger partial charge in [0.05, 0.1) is 17.7 Å². The van der Waals surface area contributed by atoms with Crippen molar-refractivity contribution in [2.75, 3.05) is 5.32 Å². The first-order valence-corrected chi connectivity index (χ1v) is 6.57. The highest BCUT2D eigenvalue weighted by Crippen LogP contribution is 2.28. The second kappa shape index (κ2) is 5.97. The predicted octanol–water partition coefficient (Wildman–Crippen LogP) is 5.04. The summed E-state index contributed by atoms with van der Waals surface area (Å²) in [5, 5.41) is 13.4. The summed E-state index contributed by atoms with van der Waals surface area (Å²) in [6.45, 7) is 2.01. The van der Waals surface area contributed by atoms with Crippen LogP contribution < -0.4 is 5.32 Å². The van der Waals surface area contributed by atoms with Gasteiger partial charge in [-0.1, -0.05) is 23.2 Å². The molecule has 0 amide bonds. The maximum Gasteiger partial charge on any atom is 0.0991 e. The number of hydrogen-bond donors (Lipinski definition) is 1. The zero-order valence-corrected chi connectivity index (χ0v) is 11.8. The average molecular weight is 291 g/mol. The lowest BCUT2D eigenvalue weighted by atomic mass is 10.1. The first-order chi connectivity index (χ1) is 9.10. The molecule has 1 unspecified atom stereocenters. The van der Waals surface area contributed by atoms with E-state index in [4.69, 9.17) is 28.5 Å². The van der Waals surface area contributed by atoms with Crippen molar-refractivity contribution >= 4 is 28.9 Å². The molecule has 0 aromatic heterocycles. The number of nitriles is 1. The largest absolute Gasteiger partial charge is 0.378 e. The van der Waals surface area contributed by atoms with Crippen LogP contribution >= 0.6 is 23.2 Å². The molecule has 1 atom stereocenters. The van der Waals surface area contributed by atoms with Crippen LogP contribution in [0.15, 0.2) is 42.5 Å². The molecule has 0 aliphatic heterocycles. The van der Waals surface area contributed by atoms with E-state index < -0.39 is 0 Å². The third-order valence-electron chi connectivity index (χ3n) is 2.82. The van der Waals surface area contributed by atoms with Gasteiger partial charge in [0.15, 0.2) is 0 Å². The van der Waals surface area contributed by atoms with Crippen LogP contribution in [0.2, 0.25) is 10.0 Å². The molecule has 0 heterocycles. The summed E-state index contributed by atoms with van der Waals surface area (Å²) < 4.78 is 0. The lowest BCUT2D eigenvalue weighted by molar-refractivity contribution is 0.885. The number of nitrogens with one attached hydrogen (secondary N) is 1. The van der Waals surface area contributed by atoms with Crippen LogP contribution in [0.1, 0.15) is 24.1 Å². The summed E-state index contributed by atoms with van der Waals surface area (Å²) in [5.74, 6) is 0. The second-order valence-corrected chi connectivity index (χ2v) is 5.06. The van der Waals surface area contributed by atoms with Crippen molar-refractivity contribution < 1.29 is 0 Å². The Hall–Kier alpha value is -1.69. The minimum atomic E-state index is 0.0270. The maximum absolute atomic E-state index is 8.75. The molecule has 1 N–H and O–H groups in total. The monoisotopic (exact) mass is 290 g/mol. The Morgan fingerprint density at radius 3 is 2.42 bits per heavy atom. The number of nitrogens with zero attached hydrogens (tertiary/aromatic N) is 1. The molecule has 2 nitrogen and oxygen atoms in total. The van der Waals surface area contributed by atoms with Gasteiger partial charge in [0.2, 0.25) is 0 Å². The Balaban J connectivity index is 2.18. The summed E-state index contributed by atoms with van der Waals surface area (Å²) in [6, 6.07) is 14.8. The standard InChI is InChI=1S/C15H12Cl2N2/c1-10(14-8-12(16)4-7-15(14)17)19-13-5-2-11(9-18)3-6-13/h2-8,10,19H,1H3. The molecule has 0 aliphatic carbocycles. The molecule has 2 aromatic rings. The second-order valence-electron chi connectivity index (χ2n) is 4.22. The smallest absolute Gasteiger partial charge is 0.0991 e. The number of rotatable bonds is 3. The van der Waals surface area contributed by atoms with E-state index in [1.54, 1.807) is 24.3 Å². The quantitative estimate of drug-likeness (QED) is 0.860. The number of halogens is 2. The highest BCUT2D eigenvalue weighted by molar-refractivity contribution is 6.33. The average Bonchev–Trinajstić information content (AvgIpc) is 2.42. The zero-order valence-electron chi connectivity index (χ0n) is 10.3. The van der Waals surface area contributed by atoms with Crippen molar-refractivity contribution in [2.24, 2.45) is 0 Å². The molecule has 2 aromatic carbocycles. The Morgan fingerprint density at radius 1 is 1.11 bits per heavy atom. The van der Waals surface area contributed by atoms with Crippen molar-refractivity contribution in [1.82, 2.24) is 0 Å². The zero-order chi connectivity index (χ0) is 13.8. The van der Waals surface area contributed by atoms with Gasteiger partial charge in [-0.25, -0.2) is 0 Å². The van der Waals surface area contributed by atoms with Crippen molar-refractivity contribution in [2.45, 2.75) is 13.0 Å². The minimum absolute atomic E-state index is 0.0270. The van der Waals surface area contributed by atoms with Crippen LogP contribution in [0.25, 0.3) is 0 Å². The van der Waals surface area contributed by atoms with Crippen LogP contribution in [-0.4, -0.2) is 0 Å². The van der Waals surface area contributed by atoms with Crippen molar-refractivity contribution in [3.8, 4) is 6.07 Å². The predicted molar refractivity (Wildman–Crippen MR) is 79.7 cm³/mol. The summed E-state index contributed by atoms with van der Waals surface area (Å²) in [4.78, 5) is 0. The molecule has 0 fully saturated rings. The fourth-order valence-corrected chi connectivity index (χ4v) is 2.28. The van der Waals surface area contributed by atoms with Gasteiger partial charge in [0, 0.05) is 15.7 Å². The molecule has 2 rings (SSSR count). The SMILES string of the molecule is CC(Nc1ccc(C#N)cc1)c1cc(Cl)ccc1Cl. The van der Waals surface area contributed by atoms with Gasteiger partial charge >= 0.3 is 0 Å². The molecule has 0 spiro atoms. The van der Waals surface area contributed by atoms with E-state index in [9.17, 15) is 0 Å². The van der Waals surface area contributed by atoms with Gasteiger partial charge in [-0.2, -0.15) is 5.26 Å². The van der Waals surface area contributed by atoms with Crippen LogP contribution in [0, 0.1) is 11.3 Å². The lowest BCUT2D eigenvalue weighted by Crippen LogP contribution is -2.07. The number of hydrogen-bond acceptors (Lipinski definition) is 2. The highest BCUT2D eigenvalue weighted by Gasteiger charge is 2.10. The molecule has 0 bridgehead atoms. The van der Waals surface area contributed by atoms with E-state index in [-0.39, 0.29) is 6.04 Å². The van der Waals surface area contributed by atoms with Gasteiger partial charge in [-0.05, 0) is 55.0 Å². The number of anilines is 1. The molecule has 0 saturated carbocycles. The van der Waals surface area contributed by atoms with Crippen LogP contribution in [-0.2, 0) is 0 Å². The van der Waals surface area contributed by atoms with E-state index in [0.29, 0.717) is 15.6 Å². The molecular weight excluding hydrogens is 279 g/mol. The van der Waals surface area contributed by atoms with E-state index in [1.807, 2.05) is 25.1 Å². The highest BCUT2D eigenvalue weighted by atomic mass is 35.5.